The van der Waals surface area contributed by atoms with Crippen molar-refractivity contribution in [2.24, 2.45) is 0 Å². The van der Waals surface area contributed by atoms with Crippen molar-refractivity contribution >= 4 is 17.5 Å². The van der Waals surface area contributed by atoms with Gasteiger partial charge in [0.05, 0.1) is 17.8 Å². The van der Waals surface area contributed by atoms with Gasteiger partial charge in [0.2, 0.25) is 5.91 Å². The smallest absolute Gasteiger partial charge is 0.224 e. The van der Waals surface area contributed by atoms with Gasteiger partial charge in [0, 0.05) is 51.9 Å². The standard InChI is InChI=1S/C14H20ClN7O/c15-13-9-17-21(10-13)2-1-14(23)20-6-3-19(4-7-20)5-8-22-12-16-11-18-22/h9-12H,1-8H2. The number of carbonyl (C=O) groups is 1. The molecule has 9 heteroatoms. The highest BCUT2D eigenvalue weighted by atomic mass is 35.5. The van der Waals surface area contributed by atoms with Crippen molar-refractivity contribution in [3.05, 3.63) is 30.1 Å². The molecule has 0 bridgehead atoms. The van der Waals surface area contributed by atoms with Crippen LogP contribution in [0.4, 0.5) is 0 Å². The van der Waals surface area contributed by atoms with Gasteiger partial charge in [-0.15, -0.1) is 0 Å². The Hall–Kier alpha value is -1.93. The summed E-state index contributed by atoms with van der Waals surface area (Å²) in [6, 6.07) is 0. The third-order valence-corrected chi connectivity index (χ3v) is 4.19. The van der Waals surface area contributed by atoms with E-state index in [-0.39, 0.29) is 5.91 Å². The van der Waals surface area contributed by atoms with Crippen LogP contribution in [0.2, 0.25) is 5.02 Å². The average molecular weight is 338 g/mol. The summed E-state index contributed by atoms with van der Waals surface area (Å²) in [5.74, 6) is 0.174. The fraction of sp³-hybridized carbons (Fsp3) is 0.571. The Morgan fingerprint density at radius 3 is 2.57 bits per heavy atom. The SMILES string of the molecule is O=C(CCn1cc(Cl)cn1)N1CCN(CCn2cncn2)CC1. The number of halogens is 1. The number of hydrogen-bond acceptors (Lipinski definition) is 5. The first-order valence-corrected chi connectivity index (χ1v) is 8.09. The van der Waals surface area contributed by atoms with Crippen molar-refractivity contribution in [3.8, 4) is 0 Å². The second-order valence-electron chi connectivity index (χ2n) is 5.55. The second kappa shape index (κ2) is 7.56. The quantitative estimate of drug-likeness (QED) is 0.761. The topological polar surface area (TPSA) is 72.1 Å². The number of hydrogen-bond donors (Lipinski definition) is 0. The molecule has 1 aliphatic heterocycles. The zero-order valence-corrected chi connectivity index (χ0v) is 13.6. The Labute approximate surface area is 139 Å². The molecular weight excluding hydrogens is 318 g/mol. The molecule has 0 aromatic carbocycles. The van der Waals surface area contributed by atoms with Gasteiger partial charge in [0.1, 0.15) is 12.7 Å². The molecule has 0 atom stereocenters. The Bertz CT molecular complexity index is 619. The molecule has 23 heavy (non-hydrogen) atoms. The maximum Gasteiger partial charge on any atom is 0.224 e. The summed E-state index contributed by atoms with van der Waals surface area (Å²) in [5.41, 5.74) is 0. The van der Waals surface area contributed by atoms with Crippen molar-refractivity contribution in [3.63, 3.8) is 0 Å². The van der Waals surface area contributed by atoms with E-state index in [1.165, 1.54) is 0 Å². The Kier molecular flexibility index (Phi) is 5.24. The number of amides is 1. The fourth-order valence-corrected chi connectivity index (χ4v) is 2.80. The summed E-state index contributed by atoms with van der Waals surface area (Å²) < 4.78 is 3.53. The molecule has 0 unspecified atom stereocenters. The summed E-state index contributed by atoms with van der Waals surface area (Å²) >= 11 is 5.81. The molecule has 3 heterocycles. The summed E-state index contributed by atoms with van der Waals surface area (Å²) in [6.45, 7) is 5.66. The number of aromatic nitrogens is 5. The van der Waals surface area contributed by atoms with Gasteiger partial charge in [-0.3, -0.25) is 19.1 Å². The molecule has 1 amide bonds. The van der Waals surface area contributed by atoms with E-state index in [0.717, 1.165) is 39.3 Å². The van der Waals surface area contributed by atoms with E-state index in [4.69, 9.17) is 11.6 Å². The van der Waals surface area contributed by atoms with E-state index >= 15 is 0 Å². The molecule has 1 aliphatic rings. The lowest BCUT2D eigenvalue weighted by molar-refractivity contribution is -0.133. The summed E-state index contributed by atoms with van der Waals surface area (Å²) in [4.78, 5) is 20.4. The molecule has 3 rings (SSSR count). The van der Waals surface area contributed by atoms with Crippen LogP contribution in [0, 0.1) is 0 Å². The predicted octanol–water partition coefficient (Wildman–Crippen LogP) is 0.362. The van der Waals surface area contributed by atoms with Crippen molar-refractivity contribution in [1.29, 1.82) is 0 Å². The van der Waals surface area contributed by atoms with E-state index < -0.39 is 0 Å². The van der Waals surface area contributed by atoms with E-state index in [2.05, 4.69) is 20.1 Å². The fourth-order valence-electron chi connectivity index (χ4n) is 2.64. The highest BCUT2D eigenvalue weighted by molar-refractivity contribution is 6.30. The minimum Gasteiger partial charge on any atom is -0.340 e. The maximum absolute atomic E-state index is 12.2. The van der Waals surface area contributed by atoms with Gasteiger partial charge in [-0.25, -0.2) is 4.98 Å². The van der Waals surface area contributed by atoms with Crippen LogP contribution in [0.15, 0.2) is 25.0 Å². The minimum absolute atomic E-state index is 0.174. The zero-order valence-electron chi connectivity index (χ0n) is 12.9. The van der Waals surface area contributed by atoms with Crippen LogP contribution in [0.25, 0.3) is 0 Å². The third kappa shape index (κ3) is 4.52. The molecular formula is C14H20ClN7O. The monoisotopic (exact) mass is 337 g/mol. The van der Waals surface area contributed by atoms with Crippen molar-refractivity contribution in [2.45, 2.75) is 19.5 Å². The largest absolute Gasteiger partial charge is 0.340 e. The normalized spacial score (nSPS) is 16.0. The minimum atomic E-state index is 0.174. The lowest BCUT2D eigenvalue weighted by Gasteiger charge is -2.34. The van der Waals surface area contributed by atoms with Crippen molar-refractivity contribution in [1.82, 2.24) is 34.3 Å². The first-order valence-electron chi connectivity index (χ1n) is 7.71. The van der Waals surface area contributed by atoms with Crippen LogP contribution in [0.1, 0.15) is 6.42 Å². The Balaban J connectivity index is 1.37. The molecule has 1 fully saturated rings. The van der Waals surface area contributed by atoms with E-state index in [0.29, 0.717) is 18.0 Å². The first kappa shape index (κ1) is 15.9. The number of aryl methyl sites for hydroxylation is 1. The average Bonchev–Trinajstić information content (AvgIpc) is 3.22. The predicted molar refractivity (Wildman–Crippen MR) is 84.9 cm³/mol. The van der Waals surface area contributed by atoms with E-state index in [1.807, 2.05) is 9.58 Å². The summed E-state index contributed by atoms with van der Waals surface area (Å²) in [7, 11) is 0. The van der Waals surface area contributed by atoms with Crippen molar-refractivity contribution < 1.29 is 4.79 Å². The van der Waals surface area contributed by atoms with Crippen LogP contribution in [-0.2, 0) is 17.9 Å². The second-order valence-corrected chi connectivity index (χ2v) is 5.99. The Morgan fingerprint density at radius 1 is 1.09 bits per heavy atom. The molecule has 1 saturated heterocycles. The molecule has 124 valence electrons. The molecule has 0 radical (unpaired) electrons. The van der Waals surface area contributed by atoms with Gasteiger partial charge in [0.15, 0.2) is 0 Å². The van der Waals surface area contributed by atoms with Crippen LogP contribution < -0.4 is 0 Å². The van der Waals surface area contributed by atoms with E-state index in [1.54, 1.807) is 29.7 Å². The van der Waals surface area contributed by atoms with Gasteiger partial charge >= 0.3 is 0 Å². The van der Waals surface area contributed by atoms with Crippen molar-refractivity contribution in [2.75, 3.05) is 32.7 Å². The van der Waals surface area contributed by atoms with Crippen LogP contribution in [-0.4, -0.2) is 73.0 Å². The van der Waals surface area contributed by atoms with Gasteiger partial charge in [0.25, 0.3) is 0 Å². The molecule has 0 saturated carbocycles. The highest BCUT2D eigenvalue weighted by Crippen LogP contribution is 2.07. The van der Waals surface area contributed by atoms with Gasteiger partial charge in [-0.05, 0) is 0 Å². The zero-order chi connectivity index (χ0) is 16.1. The highest BCUT2D eigenvalue weighted by Gasteiger charge is 2.20. The van der Waals surface area contributed by atoms with Gasteiger partial charge in [-0.2, -0.15) is 10.2 Å². The lowest BCUT2D eigenvalue weighted by atomic mass is 10.2. The third-order valence-electron chi connectivity index (χ3n) is 3.99. The molecule has 2 aromatic heterocycles. The van der Waals surface area contributed by atoms with Gasteiger partial charge in [-0.1, -0.05) is 11.6 Å². The first-order chi connectivity index (χ1) is 11.2. The Morgan fingerprint density at radius 2 is 1.91 bits per heavy atom. The number of nitrogens with zero attached hydrogens (tertiary/aromatic N) is 7. The summed E-state index contributed by atoms with van der Waals surface area (Å²) in [6.07, 6.45) is 7.04. The molecule has 0 N–H and O–H groups in total. The molecule has 0 spiro atoms. The molecule has 2 aromatic rings. The van der Waals surface area contributed by atoms with Crippen LogP contribution >= 0.6 is 11.6 Å². The maximum atomic E-state index is 12.2. The van der Waals surface area contributed by atoms with Crippen LogP contribution in [0.5, 0.6) is 0 Å². The molecule has 0 aliphatic carbocycles. The van der Waals surface area contributed by atoms with E-state index in [9.17, 15) is 4.79 Å². The lowest BCUT2D eigenvalue weighted by Crippen LogP contribution is -2.49. The summed E-state index contributed by atoms with van der Waals surface area (Å²) in [5, 5.41) is 8.78. The number of rotatable bonds is 6. The van der Waals surface area contributed by atoms with Gasteiger partial charge < -0.3 is 4.90 Å². The number of carbonyl (C=O) groups excluding carboxylic acids is 1. The number of piperazine rings is 1. The molecule has 8 nitrogen and oxygen atoms in total. The van der Waals surface area contributed by atoms with Crippen LogP contribution in [0.3, 0.4) is 0 Å².